The third-order valence-electron chi connectivity index (χ3n) is 4.27. The minimum absolute atomic E-state index is 0.0332. The summed E-state index contributed by atoms with van der Waals surface area (Å²) >= 11 is 0. The number of aryl methyl sites for hydroxylation is 3. The minimum atomic E-state index is 0.0332. The molecular formula is C17H21NO3. The van der Waals surface area contributed by atoms with Gasteiger partial charge in [-0.1, -0.05) is 6.07 Å². The molecule has 3 rings (SSSR count). The van der Waals surface area contributed by atoms with Crippen LogP contribution < -0.4 is 5.32 Å². The number of ether oxygens (including phenoxy) is 1. The van der Waals surface area contributed by atoms with Crippen LogP contribution >= 0.6 is 0 Å². The van der Waals surface area contributed by atoms with Crippen molar-refractivity contribution in [3.8, 4) is 0 Å². The van der Waals surface area contributed by atoms with Crippen LogP contribution in [0.5, 0.6) is 0 Å². The molecule has 2 aromatic rings. The minimum Gasteiger partial charge on any atom is -0.464 e. The number of benzene rings is 1. The standard InChI is InChI=1S/C17H21NO3/c1-10-6-11(2)16-13(8-21-17(16)12(10)3)7-15(19)18-14-4-5-20-9-14/h6,8,14H,4-5,7,9H2,1-3H3,(H,18,19)/t14-/m0/s1. The van der Waals surface area contributed by atoms with Crippen LogP contribution in [0.3, 0.4) is 0 Å². The average Bonchev–Trinajstić information content (AvgIpc) is 3.06. The SMILES string of the molecule is Cc1cc(C)c2c(CC(=O)N[C@H]3CCOC3)coc2c1C. The van der Waals surface area contributed by atoms with Crippen LogP contribution in [0, 0.1) is 20.8 Å². The fourth-order valence-electron chi connectivity index (χ4n) is 3.02. The lowest BCUT2D eigenvalue weighted by Gasteiger charge is -2.10. The number of carbonyl (C=O) groups excluding carboxylic acids is 1. The van der Waals surface area contributed by atoms with Gasteiger partial charge in [0.2, 0.25) is 5.91 Å². The summed E-state index contributed by atoms with van der Waals surface area (Å²) in [5, 5.41) is 4.10. The topological polar surface area (TPSA) is 51.5 Å². The van der Waals surface area contributed by atoms with Crippen LogP contribution in [0.4, 0.5) is 0 Å². The Hall–Kier alpha value is -1.81. The van der Waals surface area contributed by atoms with Gasteiger partial charge in [-0.3, -0.25) is 4.79 Å². The third-order valence-corrected chi connectivity index (χ3v) is 4.27. The van der Waals surface area contributed by atoms with Crippen molar-refractivity contribution in [2.45, 2.75) is 39.7 Å². The van der Waals surface area contributed by atoms with Crippen LogP contribution in [-0.4, -0.2) is 25.2 Å². The molecule has 1 aromatic carbocycles. The monoisotopic (exact) mass is 287 g/mol. The van der Waals surface area contributed by atoms with Crippen molar-refractivity contribution in [3.63, 3.8) is 0 Å². The van der Waals surface area contributed by atoms with Crippen molar-refractivity contribution in [2.24, 2.45) is 0 Å². The zero-order valence-electron chi connectivity index (χ0n) is 12.8. The smallest absolute Gasteiger partial charge is 0.224 e. The van der Waals surface area contributed by atoms with Crippen molar-refractivity contribution in [1.29, 1.82) is 0 Å². The molecule has 0 bridgehead atoms. The number of rotatable bonds is 3. The van der Waals surface area contributed by atoms with Crippen molar-refractivity contribution in [3.05, 3.63) is 34.6 Å². The Labute approximate surface area is 124 Å². The fraction of sp³-hybridized carbons (Fsp3) is 0.471. The van der Waals surface area contributed by atoms with E-state index in [2.05, 4.69) is 32.2 Å². The van der Waals surface area contributed by atoms with E-state index in [0.29, 0.717) is 13.0 Å². The average molecular weight is 287 g/mol. The van der Waals surface area contributed by atoms with Crippen LogP contribution in [0.1, 0.15) is 28.7 Å². The van der Waals surface area contributed by atoms with Gasteiger partial charge in [-0.25, -0.2) is 0 Å². The molecule has 4 nitrogen and oxygen atoms in total. The van der Waals surface area contributed by atoms with Gasteiger partial charge in [0, 0.05) is 17.6 Å². The van der Waals surface area contributed by atoms with Gasteiger partial charge in [0.05, 0.1) is 25.3 Å². The number of nitrogens with one attached hydrogen (secondary N) is 1. The second-order valence-corrected chi connectivity index (χ2v) is 5.91. The summed E-state index contributed by atoms with van der Waals surface area (Å²) in [7, 11) is 0. The maximum absolute atomic E-state index is 12.2. The normalized spacial score (nSPS) is 18.3. The van der Waals surface area contributed by atoms with Gasteiger partial charge in [-0.05, 0) is 43.9 Å². The van der Waals surface area contributed by atoms with Gasteiger partial charge >= 0.3 is 0 Å². The molecule has 1 N–H and O–H groups in total. The maximum atomic E-state index is 12.2. The Morgan fingerprint density at radius 2 is 2.14 bits per heavy atom. The van der Waals surface area contributed by atoms with E-state index in [9.17, 15) is 4.79 Å². The molecule has 0 radical (unpaired) electrons. The van der Waals surface area contributed by atoms with Gasteiger partial charge in [-0.2, -0.15) is 0 Å². The summed E-state index contributed by atoms with van der Waals surface area (Å²) in [4.78, 5) is 12.2. The van der Waals surface area contributed by atoms with Gasteiger partial charge in [-0.15, -0.1) is 0 Å². The van der Waals surface area contributed by atoms with Gasteiger partial charge < -0.3 is 14.5 Å². The molecule has 1 atom stereocenters. The number of furan rings is 1. The second-order valence-electron chi connectivity index (χ2n) is 5.91. The first-order chi connectivity index (χ1) is 10.1. The van der Waals surface area contributed by atoms with Gasteiger partial charge in [0.25, 0.3) is 0 Å². The van der Waals surface area contributed by atoms with Crippen molar-refractivity contribution in [1.82, 2.24) is 5.32 Å². The first-order valence-corrected chi connectivity index (χ1v) is 7.40. The third kappa shape index (κ3) is 2.68. The summed E-state index contributed by atoms with van der Waals surface area (Å²) in [6.07, 6.45) is 2.97. The van der Waals surface area contributed by atoms with Crippen molar-refractivity contribution < 1.29 is 13.9 Å². The van der Waals surface area contributed by atoms with E-state index in [0.717, 1.165) is 40.7 Å². The highest BCUT2D eigenvalue weighted by atomic mass is 16.5. The van der Waals surface area contributed by atoms with E-state index in [4.69, 9.17) is 9.15 Å². The molecule has 1 saturated heterocycles. The highest BCUT2D eigenvalue weighted by molar-refractivity contribution is 5.91. The molecule has 1 fully saturated rings. The van der Waals surface area contributed by atoms with Crippen LogP contribution in [-0.2, 0) is 16.0 Å². The fourth-order valence-corrected chi connectivity index (χ4v) is 3.02. The number of fused-ring (bicyclic) bond motifs is 1. The van der Waals surface area contributed by atoms with E-state index in [1.165, 1.54) is 5.56 Å². The molecule has 2 heterocycles. The second kappa shape index (κ2) is 5.53. The first-order valence-electron chi connectivity index (χ1n) is 7.40. The van der Waals surface area contributed by atoms with E-state index in [1.807, 2.05) is 0 Å². The van der Waals surface area contributed by atoms with Gasteiger partial charge in [0.1, 0.15) is 5.58 Å². The molecule has 1 amide bonds. The lowest BCUT2D eigenvalue weighted by Crippen LogP contribution is -2.35. The summed E-state index contributed by atoms with van der Waals surface area (Å²) in [5.74, 6) is 0.0332. The van der Waals surface area contributed by atoms with Crippen LogP contribution in [0.15, 0.2) is 16.7 Å². The molecule has 1 aromatic heterocycles. The van der Waals surface area contributed by atoms with Crippen molar-refractivity contribution in [2.75, 3.05) is 13.2 Å². The predicted molar refractivity (Wildman–Crippen MR) is 81.5 cm³/mol. The van der Waals surface area contributed by atoms with E-state index in [1.54, 1.807) is 6.26 Å². The largest absolute Gasteiger partial charge is 0.464 e. The Morgan fingerprint density at radius 3 is 2.86 bits per heavy atom. The lowest BCUT2D eigenvalue weighted by molar-refractivity contribution is -0.121. The highest BCUT2D eigenvalue weighted by Gasteiger charge is 2.20. The van der Waals surface area contributed by atoms with Crippen LogP contribution in [0.25, 0.3) is 11.0 Å². The first kappa shape index (κ1) is 14.1. The zero-order valence-corrected chi connectivity index (χ0v) is 12.8. The summed E-state index contributed by atoms with van der Waals surface area (Å²) < 4.78 is 11.0. The number of hydrogen-bond acceptors (Lipinski definition) is 3. The summed E-state index contributed by atoms with van der Waals surface area (Å²) in [6.45, 7) is 7.56. The van der Waals surface area contributed by atoms with Crippen LogP contribution in [0.2, 0.25) is 0 Å². The van der Waals surface area contributed by atoms with E-state index >= 15 is 0 Å². The zero-order chi connectivity index (χ0) is 15.0. The molecule has 0 unspecified atom stereocenters. The summed E-state index contributed by atoms with van der Waals surface area (Å²) in [5.41, 5.74) is 5.38. The molecule has 0 aliphatic carbocycles. The lowest BCUT2D eigenvalue weighted by atomic mass is 9.99. The number of amides is 1. The molecular weight excluding hydrogens is 266 g/mol. The summed E-state index contributed by atoms with van der Waals surface area (Å²) in [6, 6.07) is 2.31. The Balaban J connectivity index is 1.84. The Bertz CT molecular complexity index is 681. The Kier molecular flexibility index (Phi) is 3.72. The molecule has 4 heteroatoms. The molecule has 21 heavy (non-hydrogen) atoms. The van der Waals surface area contributed by atoms with E-state index < -0.39 is 0 Å². The molecule has 1 aliphatic heterocycles. The highest BCUT2D eigenvalue weighted by Crippen LogP contribution is 2.30. The number of hydrogen-bond donors (Lipinski definition) is 1. The molecule has 0 spiro atoms. The van der Waals surface area contributed by atoms with Crippen molar-refractivity contribution >= 4 is 16.9 Å². The van der Waals surface area contributed by atoms with Gasteiger partial charge in [0.15, 0.2) is 0 Å². The van der Waals surface area contributed by atoms with E-state index in [-0.39, 0.29) is 11.9 Å². The number of carbonyl (C=O) groups is 1. The molecule has 112 valence electrons. The predicted octanol–water partition coefficient (Wildman–Crippen LogP) is 2.81. The Morgan fingerprint density at radius 1 is 1.33 bits per heavy atom. The molecule has 0 saturated carbocycles. The maximum Gasteiger partial charge on any atom is 0.224 e. The quantitative estimate of drug-likeness (QED) is 0.944. The molecule has 1 aliphatic rings.